The van der Waals surface area contributed by atoms with Crippen LogP contribution in [0.15, 0.2) is 4.99 Å². The zero-order valence-corrected chi connectivity index (χ0v) is 12.2. The fourth-order valence-electron chi connectivity index (χ4n) is 1.42. The lowest BCUT2D eigenvalue weighted by Crippen LogP contribution is -2.36. The molecule has 0 atom stereocenters. The number of aliphatic imine (C=N–C) groups is 1. The van der Waals surface area contributed by atoms with Gasteiger partial charge in [-0.1, -0.05) is 0 Å². The zero-order chi connectivity index (χ0) is 12.8. The van der Waals surface area contributed by atoms with Gasteiger partial charge in [0, 0.05) is 38.5 Å². The molecule has 0 saturated heterocycles. The molecule has 1 heterocycles. The van der Waals surface area contributed by atoms with E-state index >= 15 is 0 Å². The Bertz CT molecular complexity index is 362. The van der Waals surface area contributed by atoms with Gasteiger partial charge in [0.2, 0.25) is 0 Å². The number of hydrogen-bond acceptors (Lipinski definition) is 3. The minimum atomic E-state index is 0.785. The average Bonchev–Trinajstić information content (AvgIpc) is 2.57. The third kappa shape index (κ3) is 4.34. The fourth-order valence-corrected chi connectivity index (χ4v) is 2.34. The highest BCUT2D eigenvalue weighted by Gasteiger charge is 2.03. The summed E-state index contributed by atoms with van der Waals surface area (Å²) in [6.07, 6.45) is 0.919. The topological polar surface area (TPSA) is 40.5 Å². The lowest BCUT2D eigenvalue weighted by molar-refractivity contribution is 0.583. The van der Waals surface area contributed by atoms with E-state index in [1.54, 1.807) is 11.3 Å². The van der Waals surface area contributed by atoms with Crippen LogP contribution in [0.4, 0.5) is 0 Å². The second kappa shape index (κ2) is 6.59. The maximum atomic E-state index is 4.55. The molecule has 1 N–H and O–H groups in total. The van der Waals surface area contributed by atoms with Gasteiger partial charge in [-0.3, -0.25) is 4.99 Å². The number of nitrogens with one attached hydrogen (secondary N) is 1. The van der Waals surface area contributed by atoms with Gasteiger partial charge in [0.05, 0.1) is 10.7 Å². The highest BCUT2D eigenvalue weighted by atomic mass is 32.1. The second-order valence-electron chi connectivity index (χ2n) is 4.13. The van der Waals surface area contributed by atoms with E-state index in [-0.39, 0.29) is 0 Å². The van der Waals surface area contributed by atoms with Crippen molar-refractivity contribution in [3.63, 3.8) is 0 Å². The number of aromatic nitrogens is 1. The van der Waals surface area contributed by atoms with Gasteiger partial charge in [-0.15, -0.1) is 11.3 Å². The van der Waals surface area contributed by atoms with Crippen molar-refractivity contribution in [1.82, 2.24) is 15.2 Å². The predicted molar refractivity (Wildman–Crippen MR) is 75.0 cm³/mol. The van der Waals surface area contributed by atoms with E-state index in [1.165, 1.54) is 9.88 Å². The Morgan fingerprint density at radius 2 is 2.12 bits per heavy atom. The quantitative estimate of drug-likeness (QED) is 0.658. The van der Waals surface area contributed by atoms with Crippen molar-refractivity contribution < 1.29 is 0 Å². The molecule has 1 aromatic rings. The number of guanidine groups is 1. The standard InChI is InChI=1S/C12H22N4S/c1-6-13-12(16(4)5)14-8-7-11-15-9(2)10(3)17-11/h6-8H2,1-5H3,(H,13,14). The van der Waals surface area contributed by atoms with E-state index in [4.69, 9.17) is 0 Å². The van der Waals surface area contributed by atoms with Crippen LogP contribution in [0.5, 0.6) is 0 Å². The molecule has 0 unspecified atom stereocenters. The van der Waals surface area contributed by atoms with Crippen molar-refractivity contribution in [2.45, 2.75) is 27.2 Å². The summed E-state index contributed by atoms with van der Waals surface area (Å²) >= 11 is 1.77. The smallest absolute Gasteiger partial charge is 0.193 e. The molecular weight excluding hydrogens is 232 g/mol. The summed E-state index contributed by atoms with van der Waals surface area (Å²) in [6.45, 7) is 7.93. The largest absolute Gasteiger partial charge is 0.357 e. The maximum absolute atomic E-state index is 4.55. The first-order valence-corrected chi connectivity index (χ1v) is 6.74. The summed E-state index contributed by atoms with van der Waals surface area (Å²) in [7, 11) is 4.00. The van der Waals surface area contributed by atoms with E-state index in [1.807, 2.05) is 19.0 Å². The molecule has 0 aliphatic carbocycles. The van der Waals surface area contributed by atoms with Crippen LogP contribution in [0.2, 0.25) is 0 Å². The number of rotatable bonds is 4. The van der Waals surface area contributed by atoms with Crippen molar-refractivity contribution in [2.24, 2.45) is 4.99 Å². The Morgan fingerprint density at radius 3 is 2.59 bits per heavy atom. The molecule has 1 aromatic heterocycles. The van der Waals surface area contributed by atoms with Crippen LogP contribution in [0.3, 0.4) is 0 Å². The van der Waals surface area contributed by atoms with Crippen molar-refractivity contribution in [3.8, 4) is 0 Å². The van der Waals surface area contributed by atoms with E-state index in [2.05, 4.69) is 36.1 Å². The third-order valence-electron chi connectivity index (χ3n) is 2.42. The molecule has 0 aromatic carbocycles. The Kier molecular flexibility index (Phi) is 5.41. The van der Waals surface area contributed by atoms with Crippen LogP contribution in [-0.2, 0) is 6.42 Å². The third-order valence-corrected chi connectivity index (χ3v) is 3.55. The number of hydrogen-bond donors (Lipinski definition) is 1. The predicted octanol–water partition coefficient (Wildman–Crippen LogP) is 1.83. The van der Waals surface area contributed by atoms with Gasteiger partial charge in [0.15, 0.2) is 5.96 Å². The first-order valence-electron chi connectivity index (χ1n) is 5.93. The molecule has 0 spiro atoms. The van der Waals surface area contributed by atoms with Crippen LogP contribution in [0, 0.1) is 13.8 Å². The molecule has 0 bridgehead atoms. The van der Waals surface area contributed by atoms with Gasteiger partial charge in [0.25, 0.3) is 0 Å². The molecule has 5 heteroatoms. The number of nitrogens with zero attached hydrogens (tertiary/aromatic N) is 3. The van der Waals surface area contributed by atoms with Crippen molar-refractivity contribution in [1.29, 1.82) is 0 Å². The molecule has 96 valence electrons. The van der Waals surface area contributed by atoms with E-state index < -0.39 is 0 Å². The molecular formula is C12H22N4S. The summed E-state index contributed by atoms with van der Waals surface area (Å²) in [5.74, 6) is 0.942. The minimum absolute atomic E-state index is 0.785. The highest BCUT2D eigenvalue weighted by Crippen LogP contribution is 2.16. The summed E-state index contributed by atoms with van der Waals surface area (Å²) in [5.41, 5.74) is 1.15. The van der Waals surface area contributed by atoms with Crippen molar-refractivity contribution >= 4 is 17.3 Å². The summed E-state index contributed by atoms with van der Waals surface area (Å²) in [6, 6.07) is 0. The van der Waals surface area contributed by atoms with Crippen LogP contribution in [0.25, 0.3) is 0 Å². The Balaban J connectivity index is 2.52. The van der Waals surface area contributed by atoms with Crippen LogP contribution >= 0.6 is 11.3 Å². The Morgan fingerprint density at radius 1 is 1.41 bits per heavy atom. The molecule has 0 aliphatic heterocycles. The molecule has 0 aliphatic rings. The lowest BCUT2D eigenvalue weighted by atomic mass is 10.4. The van der Waals surface area contributed by atoms with Gasteiger partial charge in [0.1, 0.15) is 0 Å². The molecule has 17 heavy (non-hydrogen) atoms. The summed E-state index contributed by atoms with van der Waals surface area (Å²) in [4.78, 5) is 12.4. The molecule has 1 rings (SSSR count). The molecule has 0 fully saturated rings. The second-order valence-corrected chi connectivity index (χ2v) is 5.42. The Labute approximate surface area is 108 Å². The van der Waals surface area contributed by atoms with Crippen molar-refractivity contribution in [3.05, 3.63) is 15.6 Å². The minimum Gasteiger partial charge on any atom is -0.357 e. The zero-order valence-electron chi connectivity index (χ0n) is 11.4. The lowest BCUT2D eigenvalue weighted by Gasteiger charge is -2.16. The van der Waals surface area contributed by atoms with E-state index in [0.717, 1.165) is 31.2 Å². The van der Waals surface area contributed by atoms with Crippen LogP contribution < -0.4 is 5.32 Å². The molecule has 0 amide bonds. The number of aryl methyl sites for hydroxylation is 2. The molecule has 0 saturated carbocycles. The monoisotopic (exact) mass is 254 g/mol. The van der Waals surface area contributed by atoms with Gasteiger partial charge in [-0.2, -0.15) is 0 Å². The SMILES string of the molecule is CCNC(=NCCc1nc(C)c(C)s1)N(C)C. The van der Waals surface area contributed by atoms with Crippen LogP contribution in [-0.4, -0.2) is 43.0 Å². The summed E-state index contributed by atoms with van der Waals surface area (Å²) < 4.78 is 0. The van der Waals surface area contributed by atoms with E-state index in [9.17, 15) is 0 Å². The van der Waals surface area contributed by atoms with Gasteiger partial charge in [-0.25, -0.2) is 4.98 Å². The van der Waals surface area contributed by atoms with Gasteiger partial charge < -0.3 is 10.2 Å². The summed E-state index contributed by atoms with van der Waals surface area (Å²) in [5, 5.41) is 4.42. The molecule has 0 radical (unpaired) electrons. The fraction of sp³-hybridized carbons (Fsp3) is 0.667. The van der Waals surface area contributed by atoms with Crippen molar-refractivity contribution in [2.75, 3.05) is 27.2 Å². The van der Waals surface area contributed by atoms with Crippen LogP contribution in [0.1, 0.15) is 22.5 Å². The highest BCUT2D eigenvalue weighted by molar-refractivity contribution is 7.11. The number of thiazole rings is 1. The normalized spacial score (nSPS) is 11.7. The first kappa shape index (κ1) is 14.0. The van der Waals surface area contributed by atoms with E-state index in [0.29, 0.717) is 0 Å². The Hall–Kier alpha value is -1.10. The van der Waals surface area contributed by atoms with Gasteiger partial charge in [-0.05, 0) is 20.8 Å². The first-order chi connectivity index (χ1) is 8.04. The molecule has 4 nitrogen and oxygen atoms in total. The maximum Gasteiger partial charge on any atom is 0.193 e. The average molecular weight is 254 g/mol. The van der Waals surface area contributed by atoms with Gasteiger partial charge >= 0.3 is 0 Å².